The molecule has 0 aliphatic rings. The Hall–Kier alpha value is -1.60. The van der Waals surface area contributed by atoms with Gasteiger partial charge in [-0.05, 0) is 42.9 Å². The van der Waals surface area contributed by atoms with Crippen LogP contribution in [0.25, 0.3) is 0 Å². The van der Waals surface area contributed by atoms with Gasteiger partial charge in [-0.2, -0.15) is 0 Å². The maximum absolute atomic E-state index is 3.74. The molecule has 0 heterocycles. The summed E-state index contributed by atoms with van der Waals surface area (Å²) in [5.41, 5.74) is 2.86. The first kappa shape index (κ1) is 15.8. The fourth-order valence-corrected chi connectivity index (χ4v) is 2.81. The van der Waals surface area contributed by atoms with E-state index in [4.69, 9.17) is 0 Å². The van der Waals surface area contributed by atoms with E-state index in [1.54, 1.807) is 0 Å². The maximum atomic E-state index is 3.74. The van der Waals surface area contributed by atoms with Crippen LogP contribution >= 0.6 is 0 Å². The highest BCUT2D eigenvalue weighted by atomic mass is 14.9. The standard InChI is InChI=1S/C20H27N/c1-3-16-21-20(15-14-18-10-6-4-7-11-18)17(2)19-12-8-5-9-13-19/h4-13,17,20-21H,3,14-16H2,1-2H3. The molecule has 0 amide bonds. The molecule has 2 aromatic carbocycles. The number of benzene rings is 2. The van der Waals surface area contributed by atoms with Crippen LogP contribution in [0.5, 0.6) is 0 Å². The van der Waals surface area contributed by atoms with Crippen molar-refractivity contribution < 1.29 is 0 Å². The molecule has 0 spiro atoms. The second-order valence-corrected chi connectivity index (χ2v) is 5.78. The van der Waals surface area contributed by atoms with Gasteiger partial charge in [-0.3, -0.25) is 0 Å². The van der Waals surface area contributed by atoms with E-state index in [2.05, 4.69) is 79.8 Å². The lowest BCUT2D eigenvalue weighted by Crippen LogP contribution is -2.34. The van der Waals surface area contributed by atoms with Crippen molar-refractivity contribution in [1.82, 2.24) is 5.32 Å². The van der Waals surface area contributed by atoms with Crippen LogP contribution in [-0.2, 0) is 6.42 Å². The Morgan fingerprint density at radius 3 is 2.14 bits per heavy atom. The zero-order chi connectivity index (χ0) is 14.9. The quantitative estimate of drug-likeness (QED) is 0.733. The first-order valence-corrected chi connectivity index (χ1v) is 8.13. The van der Waals surface area contributed by atoms with Gasteiger partial charge < -0.3 is 5.32 Å². The van der Waals surface area contributed by atoms with Crippen molar-refractivity contribution in [2.45, 2.75) is 45.1 Å². The highest BCUT2D eigenvalue weighted by Gasteiger charge is 2.17. The minimum atomic E-state index is 0.535. The summed E-state index contributed by atoms with van der Waals surface area (Å²) in [7, 11) is 0. The highest BCUT2D eigenvalue weighted by molar-refractivity contribution is 5.21. The van der Waals surface area contributed by atoms with E-state index >= 15 is 0 Å². The van der Waals surface area contributed by atoms with E-state index in [1.165, 1.54) is 24.0 Å². The largest absolute Gasteiger partial charge is 0.313 e. The molecule has 0 aliphatic heterocycles. The van der Waals surface area contributed by atoms with Crippen LogP contribution in [0.1, 0.15) is 43.7 Å². The van der Waals surface area contributed by atoms with Crippen LogP contribution in [0, 0.1) is 0 Å². The van der Waals surface area contributed by atoms with Crippen molar-refractivity contribution in [3.8, 4) is 0 Å². The molecule has 1 N–H and O–H groups in total. The average Bonchev–Trinajstić information content (AvgIpc) is 2.56. The SMILES string of the molecule is CCCNC(CCc1ccccc1)C(C)c1ccccc1. The van der Waals surface area contributed by atoms with Gasteiger partial charge in [0.25, 0.3) is 0 Å². The minimum Gasteiger partial charge on any atom is -0.313 e. The van der Waals surface area contributed by atoms with Gasteiger partial charge in [0, 0.05) is 6.04 Å². The van der Waals surface area contributed by atoms with Crippen molar-refractivity contribution in [2.75, 3.05) is 6.54 Å². The van der Waals surface area contributed by atoms with Crippen LogP contribution < -0.4 is 5.32 Å². The van der Waals surface area contributed by atoms with Crippen molar-refractivity contribution in [3.63, 3.8) is 0 Å². The van der Waals surface area contributed by atoms with Crippen molar-refractivity contribution >= 4 is 0 Å². The van der Waals surface area contributed by atoms with Crippen LogP contribution in [-0.4, -0.2) is 12.6 Å². The summed E-state index contributed by atoms with van der Waals surface area (Å²) in [5, 5.41) is 3.74. The highest BCUT2D eigenvalue weighted by Crippen LogP contribution is 2.22. The normalized spacial score (nSPS) is 13.8. The van der Waals surface area contributed by atoms with Gasteiger partial charge >= 0.3 is 0 Å². The maximum Gasteiger partial charge on any atom is 0.0136 e. The zero-order valence-corrected chi connectivity index (χ0v) is 13.3. The third-order valence-electron chi connectivity index (χ3n) is 4.17. The summed E-state index contributed by atoms with van der Waals surface area (Å²) in [5.74, 6) is 0.543. The van der Waals surface area contributed by atoms with Crippen molar-refractivity contribution in [2.24, 2.45) is 0 Å². The van der Waals surface area contributed by atoms with E-state index in [1.807, 2.05) is 0 Å². The van der Waals surface area contributed by atoms with Crippen LogP contribution in [0.2, 0.25) is 0 Å². The molecule has 2 rings (SSSR count). The first-order chi connectivity index (χ1) is 10.3. The minimum absolute atomic E-state index is 0.535. The van der Waals surface area contributed by atoms with Crippen LogP contribution in [0.4, 0.5) is 0 Å². The Morgan fingerprint density at radius 2 is 1.52 bits per heavy atom. The second kappa shape index (κ2) is 8.63. The van der Waals surface area contributed by atoms with E-state index in [9.17, 15) is 0 Å². The van der Waals surface area contributed by atoms with Gasteiger partial charge in [0.1, 0.15) is 0 Å². The second-order valence-electron chi connectivity index (χ2n) is 5.78. The third kappa shape index (κ3) is 5.02. The lowest BCUT2D eigenvalue weighted by atomic mass is 9.89. The molecule has 0 bridgehead atoms. The molecule has 0 fully saturated rings. The molecule has 0 saturated carbocycles. The van der Waals surface area contributed by atoms with Crippen LogP contribution in [0.3, 0.4) is 0 Å². The average molecular weight is 281 g/mol. The molecule has 0 radical (unpaired) electrons. The van der Waals surface area contributed by atoms with Gasteiger partial charge in [-0.25, -0.2) is 0 Å². The first-order valence-electron chi connectivity index (χ1n) is 8.13. The molecular weight excluding hydrogens is 254 g/mol. The molecule has 21 heavy (non-hydrogen) atoms. The van der Waals surface area contributed by atoms with Gasteiger partial charge in [0.15, 0.2) is 0 Å². The number of rotatable bonds is 8. The monoisotopic (exact) mass is 281 g/mol. The smallest absolute Gasteiger partial charge is 0.0136 e. The fourth-order valence-electron chi connectivity index (χ4n) is 2.81. The molecule has 2 atom stereocenters. The molecule has 1 nitrogen and oxygen atoms in total. The van der Waals surface area contributed by atoms with Gasteiger partial charge in [0.05, 0.1) is 0 Å². The Morgan fingerprint density at radius 1 is 0.905 bits per heavy atom. The number of hydrogen-bond donors (Lipinski definition) is 1. The van der Waals surface area contributed by atoms with E-state index in [0.717, 1.165) is 13.0 Å². The summed E-state index contributed by atoms with van der Waals surface area (Å²) in [6.45, 7) is 5.67. The molecule has 0 aromatic heterocycles. The molecule has 112 valence electrons. The lowest BCUT2D eigenvalue weighted by Gasteiger charge is -2.26. The zero-order valence-electron chi connectivity index (χ0n) is 13.3. The number of hydrogen-bond acceptors (Lipinski definition) is 1. The molecule has 1 heteroatoms. The van der Waals surface area contributed by atoms with E-state index in [0.29, 0.717) is 12.0 Å². The Bertz CT molecular complexity index is 492. The van der Waals surface area contributed by atoms with Gasteiger partial charge in [-0.1, -0.05) is 74.5 Å². The molecule has 2 unspecified atom stereocenters. The van der Waals surface area contributed by atoms with E-state index in [-0.39, 0.29) is 0 Å². The summed E-state index contributed by atoms with van der Waals surface area (Å²) < 4.78 is 0. The summed E-state index contributed by atoms with van der Waals surface area (Å²) in [6, 6.07) is 22.2. The van der Waals surface area contributed by atoms with Crippen LogP contribution in [0.15, 0.2) is 60.7 Å². The Kier molecular flexibility index (Phi) is 6.49. The number of aryl methyl sites for hydroxylation is 1. The van der Waals surface area contributed by atoms with E-state index < -0.39 is 0 Å². The molecule has 2 aromatic rings. The predicted molar refractivity (Wildman–Crippen MR) is 91.7 cm³/mol. The third-order valence-corrected chi connectivity index (χ3v) is 4.17. The van der Waals surface area contributed by atoms with Crippen molar-refractivity contribution in [3.05, 3.63) is 71.8 Å². The molecule has 0 saturated heterocycles. The summed E-state index contributed by atoms with van der Waals surface area (Å²) in [4.78, 5) is 0. The van der Waals surface area contributed by atoms with Gasteiger partial charge in [0.2, 0.25) is 0 Å². The van der Waals surface area contributed by atoms with Crippen molar-refractivity contribution in [1.29, 1.82) is 0 Å². The Balaban J connectivity index is 2.00. The molecular formula is C20H27N. The fraction of sp³-hybridized carbons (Fsp3) is 0.400. The summed E-state index contributed by atoms with van der Waals surface area (Å²) >= 11 is 0. The Labute approximate surface area is 129 Å². The summed E-state index contributed by atoms with van der Waals surface area (Å²) in [6.07, 6.45) is 3.50. The van der Waals surface area contributed by atoms with Gasteiger partial charge in [-0.15, -0.1) is 0 Å². The lowest BCUT2D eigenvalue weighted by molar-refractivity contribution is 0.424. The topological polar surface area (TPSA) is 12.0 Å². The predicted octanol–water partition coefficient (Wildman–Crippen LogP) is 4.79. The molecule has 0 aliphatic carbocycles. The number of nitrogens with one attached hydrogen (secondary N) is 1.